The highest BCUT2D eigenvalue weighted by Gasteiger charge is 2.22. The van der Waals surface area contributed by atoms with E-state index in [4.69, 9.17) is 4.74 Å². The second kappa shape index (κ2) is 5.32. The van der Waals surface area contributed by atoms with Crippen LogP contribution >= 0.6 is 11.8 Å². The Hall–Kier alpha value is -0.670. The monoisotopic (exact) mass is 249 g/mol. The number of ether oxygens (including phenoxy) is 1. The lowest BCUT2D eigenvalue weighted by molar-refractivity contribution is 0.273. The second-order valence-corrected chi connectivity index (χ2v) is 6.01. The summed E-state index contributed by atoms with van der Waals surface area (Å²) in [5.41, 5.74) is 1.41. The molecule has 3 rings (SSSR count). The molecule has 0 aromatic heterocycles. The summed E-state index contributed by atoms with van der Waals surface area (Å²) in [4.78, 5) is 0. The number of hydrogen-bond donors (Lipinski definition) is 1. The van der Waals surface area contributed by atoms with Crippen molar-refractivity contribution in [3.05, 3.63) is 29.8 Å². The fourth-order valence-electron chi connectivity index (χ4n) is 2.43. The van der Waals surface area contributed by atoms with Gasteiger partial charge in [0.05, 0.1) is 6.61 Å². The van der Waals surface area contributed by atoms with E-state index in [1.807, 2.05) is 0 Å². The van der Waals surface area contributed by atoms with Gasteiger partial charge in [0.2, 0.25) is 0 Å². The first kappa shape index (κ1) is 11.4. The van der Waals surface area contributed by atoms with Gasteiger partial charge in [-0.05, 0) is 48.7 Å². The molecule has 0 aliphatic carbocycles. The van der Waals surface area contributed by atoms with Gasteiger partial charge in [0.1, 0.15) is 5.75 Å². The molecule has 1 unspecified atom stereocenters. The van der Waals surface area contributed by atoms with E-state index in [1.165, 1.54) is 36.6 Å². The maximum Gasteiger partial charge on any atom is 0.122 e. The van der Waals surface area contributed by atoms with Crippen molar-refractivity contribution in [3.8, 4) is 5.75 Å². The normalized spacial score (nSPS) is 23.6. The van der Waals surface area contributed by atoms with Crippen LogP contribution in [0.5, 0.6) is 5.75 Å². The SMILES string of the molecule is c1ccc2c(c1)OCCC2CSCC1CNC1. The van der Waals surface area contributed by atoms with Crippen molar-refractivity contribution in [3.63, 3.8) is 0 Å². The van der Waals surface area contributed by atoms with Gasteiger partial charge in [0, 0.05) is 5.75 Å². The first-order valence-corrected chi connectivity index (χ1v) is 7.59. The lowest BCUT2D eigenvalue weighted by Gasteiger charge is -2.29. The van der Waals surface area contributed by atoms with Crippen LogP contribution in [0.1, 0.15) is 17.9 Å². The number of benzene rings is 1. The third-order valence-corrected chi connectivity index (χ3v) is 4.97. The molecule has 0 spiro atoms. The van der Waals surface area contributed by atoms with Gasteiger partial charge >= 0.3 is 0 Å². The third kappa shape index (κ3) is 2.61. The van der Waals surface area contributed by atoms with Gasteiger partial charge in [0.15, 0.2) is 0 Å². The summed E-state index contributed by atoms with van der Waals surface area (Å²) in [7, 11) is 0. The number of rotatable bonds is 4. The molecule has 1 N–H and O–H groups in total. The molecule has 2 nitrogen and oxygen atoms in total. The summed E-state index contributed by atoms with van der Waals surface area (Å²) < 4.78 is 5.69. The van der Waals surface area contributed by atoms with E-state index < -0.39 is 0 Å². The van der Waals surface area contributed by atoms with Crippen molar-refractivity contribution in [2.45, 2.75) is 12.3 Å². The molecule has 0 saturated carbocycles. The molecule has 1 fully saturated rings. The molecule has 2 aliphatic heterocycles. The Morgan fingerprint density at radius 2 is 2.12 bits per heavy atom. The predicted molar refractivity (Wildman–Crippen MR) is 73.0 cm³/mol. The van der Waals surface area contributed by atoms with Gasteiger partial charge in [-0.15, -0.1) is 0 Å². The Labute approximate surface area is 107 Å². The van der Waals surface area contributed by atoms with Crippen LogP contribution < -0.4 is 10.1 Å². The summed E-state index contributed by atoms with van der Waals surface area (Å²) >= 11 is 2.11. The molecular formula is C14H19NOS. The van der Waals surface area contributed by atoms with Crippen LogP contribution in [-0.4, -0.2) is 31.2 Å². The van der Waals surface area contributed by atoms with Crippen LogP contribution in [-0.2, 0) is 0 Å². The Kier molecular flexibility index (Phi) is 3.57. The standard InChI is InChI=1S/C14H19NOS/c1-2-4-14-13(3-1)12(5-6-16-14)10-17-9-11-7-15-8-11/h1-4,11-12,15H,5-10H2. The second-order valence-electron chi connectivity index (χ2n) is 4.93. The minimum Gasteiger partial charge on any atom is -0.493 e. The van der Waals surface area contributed by atoms with Crippen LogP contribution in [0.3, 0.4) is 0 Å². The van der Waals surface area contributed by atoms with E-state index in [0.717, 1.165) is 18.3 Å². The first-order chi connectivity index (χ1) is 8.43. The van der Waals surface area contributed by atoms with Gasteiger partial charge in [-0.3, -0.25) is 0 Å². The smallest absolute Gasteiger partial charge is 0.122 e. The Balaban J connectivity index is 1.56. The Morgan fingerprint density at radius 1 is 1.24 bits per heavy atom. The molecule has 0 bridgehead atoms. The molecule has 1 saturated heterocycles. The van der Waals surface area contributed by atoms with E-state index in [0.29, 0.717) is 5.92 Å². The van der Waals surface area contributed by atoms with E-state index in [9.17, 15) is 0 Å². The van der Waals surface area contributed by atoms with E-state index in [2.05, 4.69) is 41.3 Å². The Bertz CT molecular complexity index is 378. The van der Waals surface area contributed by atoms with Crippen molar-refractivity contribution in [2.75, 3.05) is 31.2 Å². The maximum atomic E-state index is 5.69. The molecule has 0 amide bonds. The molecule has 2 heterocycles. The van der Waals surface area contributed by atoms with Crippen molar-refractivity contribution >= 4 is 11.8 Å². The fraction of sp³-hybridized carbons (Fsp3) is 0.571. The molecule has 2 aliphatic rings. The molecule has 17 heavy (non-hydrogen) atoms. The maximum absolute atomic E-state index is 5.69. The van der Waals surface area contributed by atoms with Gasteiger partial charge in [-0.1, -0.05) is 18.2 Å². The summed E-state index contributed by atoms with van der Waals surface area (Å²) in [6.45, 7) is 3.32. The largest absolute Gasteiger partial charge is 0.493 e. The lowest BCUT2D eigenvalue weighted by atomic mass is 9.95. The van der Waals surface area contributed by atoms with Crippen molar-refractivity contribution < 1.29 is 4.74 Å². The van der Waals surface area contributed by atoms with Crippen LogP contribution in [0.4, 0.5) is 0 Å². The zero-order chi connectivity index (χ0) is 11.5. The van der Waals surface area contributed by atoms with Crippen LogP contribution in [0, 0.1) is 5.92 Å². The first-order valence-electron chi connectivity index (χ1n) is 6.43. The quantitative estimate of drug-likeness (QED) is 0.886. The van der Waals surface area contributed by atoms with E-state index in [-0.39, 0.29) is 0 Å². The van der Waals surface area contributed by atoms with Crippen molar-refractivity contribution in [1.82, 2.24) is 5.32 Å². The number of fused-ring (bicyclic) bond motifs is 1. The lowest BCUT2D eigenvalue weighted by Crippen LogP contribution is -2.43. The molecule has 3 heteroatoms. The van der Waals surface area contributed by atoms with E-state index in [1.54, 1.807) is 0 Å². The fourth-order valence-corrected chi connectivity index (χ4v) is 3.77. The predicted octanol–water partition coefficient (Wildman–Crippen LogP) is 2.51. The highest BCUT2D eigenvalue weighted by molar-refractivity contribution is 7.99. The minimum atomic E-state index is 0.693. The summed E-state index contributed by atoms with van der Waals surface area (Å²) in [6, 6.07) is 8.52. The highest BCUT2D eigenvalue weighted by atomic mass is 32.2. The van der Waals surface area contributed by atoms with E-state index >= 15 is 0 Å². The molecule has 92 valence electrons. The molecular weight excluding hydrogens is 230 g/mol. The molecule has 1 aromatic carbocycles. The number of hydrogen-bond acceptors (Lipinski definition) is 3. The van der Waals surface area contributed by atoms with Crippen LogP contribution in [0.2, 0.25) is 0 Å². The van der Waals surface area contributed by atoms with Crippen LogP contribution in [0.15, 0.2) is 24.3 Å². The average Bonchev–Trinajstić information content (AvgIpc) is 2.32. The molecule has 0 radical (unpaired) electrons. The summed E-state index contributed by atoms with van der Waals surface area (Å²) in [5, 5.41) is 3.33. The zero-order valence-electron chi connectivity index (χ0n) is 10.0. The Morgan fingerprint density at radius 3 is 2.94 bits per heavy atom. The van der Waals surface area contributed by atoms with Gasteiger partial charge in [0.25, 0.3) is 0 Å². The van der Waals surface area contributed by atoms with Gasteiger partial charge in [-0.25, -0.2) is 0 Å². The number of thioether (sulfide) groups is 1. The molecule has 1 atom stereocenters. The third-order valence-electron chi connectivity index (χ3n) is 3.62. The zero-order valence-corrected chi connectivity index (χ0v) is 10.8. The summed E-state index contributed by atoms with van der Waals surface area (Å²) in [5.74, 6) is 5.27. The highest BCUT2D eigenvalue weighted by Crippen LogP contribution is 2.35. The number of nitrogens with one attached hydrogen (secondary N) is 1. The van der Waals surface area contributed by atoms with Crippen molar-refractivity contribution in [2.24, 2.45) is 5.92 Å². The van der Waals surface area contributed by atoms with Crippen LogP contribution in [0.25, 0.3) is 0 Å². The van der Waals surface area contributed by atoms with Crippen molar-refractivity contribution in [1.29, 1.82) is 0 Å². The van der Waals surface area contributed by atoms with Gasteiger partial charge in [-0.2, -0.15) is 11.8 Å². The summed E-state index contributed by atoms with van der Waals surface area (Å²) in [6.07, 6.45) is 1.17. The topological polar surface area (TPSA) is 21.3 Å². The number of para-hydroxylation sites is 1. The molecule has 1 aromatic rings. The van der Waals surface area contributed by atoms with Gasteiger partial charge < -0.3 is 10.1 Å². The average molecular weight is 249 g/mol. The minimum absolute atomic E-state index is 0.693.